The van der Waals surface area contributed by atoms with Gasteiger partial charge in [-0.05, 0) is 37.1 Å². The van der Waals surface area contributed by atoms with Gasteiger partial charge >= 0.3 is 0 Å². The van der Waals surface area contributed by atoms with E-state index in [-0.39, 0.29) is 6.61 Å². The third-order valence-electron chi connectivity index (χ3n) is 3.65. The van der Waals surface area contributed by atoms with Gasteiger partial charge in [0.1, 0.15) is 18.0 Å². The van der Waals surface area contributed by atoms with E-state index >= 15 is 0 Å². The molecule has 0 saturated heterocycles. The molecule has 1 aliphatic heterocycles. The van der Waals surface area contributed by atoms with Crippen molar-refractivity contribution in [2.45, 2.75) is 19.4 Å². The van der Waals surface area contributed by atoms with Crippen LogP contribution >= 0.6 is 0 Å². The molecule has 0 aromatic heterocycles. The maximum atomic E-state index is 10.4. The number of nitrogen functional groups attached to an aromatic ring is 1. The van der Waals surface area contributed by atoms with Crippen LogP contribution in [0, 0.1) is 18.3 Å². The molecule has 3 rings (SSSR count). The van der Waals surface area contributed by atoms with Crippen molar-refractivity contribution >= 4 is 16.5 Å². The van der Waals surface area contributed by atoms with Crippen LogP contribution in [0.15, 0.2) is 18.2 Å². The molecule has 3 N–H and O–H groups in total. The molecule has 0 fully saturated rings. The Morgan fingerprint density at radius 2 is 2.16 bits per heavy atom. The minimum Gasteiger partial charge on any atom is -0.489 e. The normalized spacial score (nSPS) is 20.9. The lowest BCUT2D eigenvalue weighted by Gasteiger charge is -2.32. The van der Waals surface area contributed by atoms with Gasteiger partial charge in [-0.15, -0.1) is 0 Å². The number of nitrogens with two attached hydrogens (primary N) is 1. The van der Waals surface area contributed by atoms with E-state index in [1.165, 1.54) is 0 Å². The summed E-state index contributed by atoms with van der Waals surface area (Å²) in [6.45, 7) is 3.81. The first kappa shape index (κ1) is 11.8. The van der Waals surface area contributed by atoms with Crippen molar-refractivity contribution in [2.24, 2.45) is 0 Å². The molecule has 2 aromatic carbocycles. The van der Waals surface area contributed by atoms with Crippen molar-refractivity contribution in [1.82, 2.24) is 0 Å². The number of hydrogen-bond donors (Lipinski definition) is 2. The first-order valence-corrected chi connectivity index (χ1v) is 6.07. The standard InChI is InChI=1S/C15H14N2O2/c1-8-5-11(17)12-9(6-16)3-4-10-13(12)14(8)19-7-15(10,2)18/h3-5,18H,7,17H2,1-2H3. The number of anilines is 1. The Labute approximate surface area is 111 Å². The predicted octanol–water partition coefficient (Wildman–Crippen LogP) is 2.20. The topological polar surface area (TPSA) is 79.3 Å². The first-order chi connectivity index (χ1) is 8.95. The Bertz CT molecular complexity index is 742. The lowest BCUT2D eigenvalue weighted by Crippen LogP contribution is -2.33. The fourth-order valence-electron chi connectivity index (χ4n) is 2.72. The SMILES string of the molecule is Cc1cc(N)c2c(C#N)ccc3c2c1OCC3(C)O. The average Bonchev–Trinajstić information content (AvgIpc) is 2.36. The second-order valence-corrected chi connectivity index (χ2v) is 5.20. The largest absolute Gasteiger partial charge is 0.489 e. The fraction of sp³-hybridized carbons (Fsp3) is 0.267. The van der Waals surface area contributed by atoms with Gasteiger partial charge in [-0.2, -0.15) is 5.26 Å². The highest BCUT2D eigenvalue weighted by Crippen LogP contribution is 2.44. The number of rotatable bonds is 0. The van der Waals surface area contributed by atoms with Crippen molar-refractivity contribution in [3.8, 4) is 11.8 Å². The molecule has 96 valence electrons. The van der Waals surface area contributed by atoms with Gasteiger partial charge in [0.05, 0.1) is 11.6 Å². The summed E-state index contributed by atoms with van der Waals surface area (Å²) in [6.07, 6.45) is 0. The smallest absolute Gasteiger partial charge is 0.130 e. The fourth-order valence-corrected chi connectivity index (χ4v) is 2.72. The number of ether oxygens (including phenoxy) is 1. The van der Waals surface area contributed by atoms with Crippen molar-refractivity contribution in [1.29, 1.82) is 5.26 Å². The number of benzene rings is 2. The van der Waals surface area contributed by atoms with Crippen molar-refractivity contribution in [3.63, 3.8) is 0 Å². The van der Waals surface area contributed by atoms with E-state index in [4.69, 9.17) is 10.5 Å². The molecular weight excluding hydrogens is 240 g/mol. The first-order valence-electron chi connectivity index (χ1n) is 6.07. The van der Waals surface area contributed by atoms with E-state index < -0.39 is 5.60 Å². The lowest BCUT2D eigenvalue weighted by molar-refractivity contribution is 0.00355. The van der Waals surface area contributed by atoms with E-state index in [2.05, 4.69) is 6.07 Å². The van der Waals surface area contributed by atoms with Crippen LogP contribution in [0.1, 0.15) is 23.6 Å². The van der Waals surface area contributed by atoms with Crippen LogP contribution in [0.25, 0.3) is 10.8 Å². The molecule has 0 radical (unpaired) electrons. The Balaban J connectivity index is 2.58. The predicted molar refractivity (Wildman–Crippen MR) is 72.9 cm³/mol. The Morgan fingerprint density at radius 3 is 2.84 bits per heavy atom. The zero-order valence-corrected chi connectivity index (χ0v) is 10.8. The van der Waals surface area contributed by atoms with Crippen LogP contribution in [-0.2, 0) is 5.60 Å². The van der Waals surface area contributed by atoms with Crippen LogP contribution in [0.5, 0.6) is 5.75 Å². The quantitative estimate of drug-likeness (QED) is 0.706. The molecule has 19 heavy (non-hydrogen) atoms. The molecule has 2 aromatic rings. The number of nitriles is 1. The van der Waals surface area contributed by atoms with Crippen molar-refractivity contribution in [2.75, 3.05) is 12.3 Å². The number of nitrogens with zero attached hydrogens (tertiary/aromatic N) is 1. The van der Waals surface area contributed by atoms with Gasteiger partial charge in [-0.1, -0.05) is 6.07 Å². The highest BCUT2D eigenvalue weighted by molar-refractivity contribution is 6.04. The third-order valence-corrected chi connectivity index (χ3v) is 3.65. The second-order valence-electron chi connectivity index (χ2n) is 5.20. The second kappa shape index (κ2) is 3.62. The van der Waals surface area contributed by atoms with Gasteiger partial charge in [-0.3, -0.25) is 0 Å². The van der Waals surface area contributed by atoms with E-state index in [0.717, 1.165) is 16.5 Å². The summed E-state index contributed by atoms with van der Waals surface area (Å²) in [4.78, 5) is 0. The highest BCUT2D eigenvalue weighted by Gasteiger charge is 2.33. The average molecular weight is 254 g/mol. The molecular formula is C15H14N2O2. The van der Waals surface area contributed by atoms with Crippen molar-refractivity contribution < 1.29 is 9.84 Å². The number of aliphatic hydroxyl groups is 1. The Kier molecular flexibility index (Phi) is 2.25. The van der Waals surface area contributed by atoms with Gasteiger partial charge in [0.15, 0.2) is 0 Å². The van der Waals surface area contributed by atoms with Gasteiger partial charge in [0.2, 0.25) is 0 Å². The van der Waals surface area contributed by atoms with Gasteiger partial charge < -0.3 is 15.6 Å². The summed E-state index contributed by atoms with van der Waals surface area (Å²) in [5, 5.41) is 21.1. The molecule has 0 saturated carbocycles. The third kappa shape index (κ3) is 1.49. The molecule has 1 atom stereocenters. The summed E-state index contributed by atoms with van der Waals surface area (Å²) in [7, 11) is 0. The number of hydrogen-bond acceptors (Lipinski definition) is 4. The highest BCUT2D eigenvalue weighted by atomic mass is 16.5. The zero-order valence-electron chi connectivity index (χ0n) is 10.8. The molecule has 1 heterocycles. The van der Waals surface area contributed by atoms with Crippen LogP contribution < -0.4 is 10.5 Å². The molecule has 0 bridgehead atoms. The number of aryl methyl sites for hydroxylation is 1. The Morgan fingerprint density at radius 1 is 1.42 bits per heavy atom. The lowest BCUT2D eigenvalue weighted by atomic mass is 9.86. The Hall–Kier alpha value is -2.25. The van der Waals surface area contributed by atoms with E-state index in [1.54, 1.807) is 19.1 Å². The molecule has 4 heteroatoms. The maximum absolute atomic E-state index is 10.4. The van der Waals surface area contributed by atoms with Gasteiger partial charge in [0.25, 0.3) is 0 Å². The molecule has 1 aliphatic rings. The molecule has 0 spiro atoms. The maximum Gasteiger partial charge on any atom is 0.130 e. The summed E-state index contributed by atoms with van der Waals surface area (Å²) in [6, 6.07) is 7.44. The molecule has 4 nitrogen and oxygen atoms in total. The summed E-state index contributed by atoms with van der Waals surface area (Å²) in [5.41, 5.74) is 7.69. The van der Waals surface area contributed by atoms with E-state index in [9.17, 15) is 10.4 Å². The minimum atomic E-state index is -1.07. The molecule has 0 aliphatic carbocycles. The van der Waals surface area contributed by atoms with E-state index in [1.807, 2.05) is 13.0 Å². The van der Waals surface area contributed by atoms with Gasteiger partial charge in [0, 0.05) is 16.5 Å². The van der Waals surface area contributed by atoms with Crippen molar-refractivity contribution in [3.05, 3.63) is 34.9 Å². The van der Waals surface area contributed by atoms with Crippen LogP contribution in [0.3, 0.4) is 0 Å². The van der Waals surface area contributed by atoms with E-state index in [0.29, 0.717) is 22.4 Å². The summed E-state index contributed by atoms with van der Waals surface area (Å²) < 4.78 is 5.68. The van der Waals surface area contributed by atoms with Crippen LogP contribution in [0.4, 0.5) is 5.69 Å². The van der Waals surface area contributed by atoms with Gasteiger partial charge in [-0.25, -0.2) is 0 Å². The molecule has 0 amide bonds. The molecule has 1 unspecified atom stereocenters. The minimum absolute atomic E-state index is 0.200. The van der Waals surface area contributed by atoms with Crippen LogP contribution in [0.2, 0.25) is 0 Å². The summed E-state index contributed by atoms with van der Waals surface area (Å²) in [5.74, 6) is 0.711. The monoisotopic (exact) mass is 254 g/mol. The van der Waals surface area contributed by atoms with Crippen LogP contribution in [-0.4, -0.2) is 11.7 Å². The zero-order chi connectivity index (χ0) is 13.8. The summed E-state index contributed by atoms with van der Waals surface area (Å²) >= 11 is 0.